The molecule has 0 spiro atoms. The van der Waals surface area contributed by atoms with Crippen molar-refractivity contribution < 1.29 is 28.3 Å². The summed E-state index contributed by atoms with van der Waals surface area (Å²) < 4.78 is 19.7. The third-order valence-electron chi connectivity index (χ3n) is 8.67. The molecule has 4 aromatic carbocycles. The molecule has 5 aromatic rings. The van der Waals surface area contributed by atoms with Crippen LogP contribution in [0.3, 0.4) is 0 Å². The number of ether oxygens (including phenoxy) is 1. The number of anilines is 2. The maximum Gasteiger partial charge on any atom is 0.341 e. The van der Waals surface area contributed by atoms with E-state index in [-0.39, 0.29) is 17.2 Å². The first-order chi connectivity index (χ1) is 25.2. The van der Waals surface area contributed by atoms with Crippen LogP contribution < -0.4 is 16.0 Å². The third-order valence-corrected chi connectivity index (χ3v) is 10.9. The number of thioether (sulfide) groups is 1. The van der Waals surface area contributed by atoms with Crippen molar-refractivity contribution in [3.8, 4) is 0 Å². The molecule has 0 bridgehead atoms. The first-order valence-electron chi connectivity index (χ1n) is 16.7. The number of carbonyl (C=O) groups excluding carboxylic acids is 4. The zero-order chi connectivity index (χ0) is 36.6. The van der Waals surface area contributed by atoms with Gasteiger partial charge in [0, 0.05) is 26.6 Å². The molecule has 1 aromatic heterocycles. The predicted octanol–water partition coefficient (Wildman–Crippen LogP) is 8.48. The summed E-state index contributed by atoms with van der Waals surface area (Å²) in [6.07, 6.45) is 3.66. The van der Waals surface area contributed by atoms with E-state index in [2.05, 4.69) is 28.1 Å². The highest BCUT2D eigenvalue weighted by Gasteiger charge is 2.31. The second kappa shape index (κ2) is 16.7. The summed E-state index contributed by atoms with van der Waals surface area (Å²) in [5.41, 5.74) is 3.32. The van der Waals surface area contributed by atoms with Gasteiger partial charge in [-0.1, -0.05) is 72.8 Å². The summed E-state index contributed by atoms with van der Waals surface area (Å²) in [5, 5.41) is 8.29. The zero-order valence-corrected chi connectivity index (χ0v) is 30.1. The van der Waals surface area contributed by atoms with Crippen molar-refractivity contribution in [2.45, 2.75) is 42.2 Å². The average molecular weight is 734 g/mol. The molecule has 3 amide bonds. The van der Waals surface area contributed by atoms with Gasteiger partial charge in [0.05, 0.1) is 17.9 Å². The molecule has 264 valence electrons. The Morgan fingerprint density at radius 3 is 2.35 bits per heavy atom. The molecular formula is C41H36FN3O5S2. The molecule has 0 fully saturated rings. The fourth-order valence-corrected chi connectivity index (χ4v) is 8.25. The smallest absolute Gasteiger partial charge is 0.341 e. The lowest BCUT2D eigenvalue weighted by atomic mass is 9.83. The first-order valence-corrected chi connectivity index (χ1v) is 18.4. The van der Waals surface area contributed by atoms with Crippen LogP contribution in [0.25, 0.3) is 6.08 Å². The van der Waals surface area contributed by atoms with Crippen LogP contribution in [0.2, 0.25) is 0 Å². The number of hydrogen-bond acceptors (Lipinski definition) is 7. The Kier molecular flexibility index (Phi) is 11.6. The van der Waals surface area contributed by atoms with E-state index in [0.717, 1.165) is 23.3 Å². The van der Waals surface area contributed by atoms with Gasteiger partial charge >= 0.3 is 5.97 Å². The maximum atomic E-state index is 14.6. The Morgan fingerprint density at radius 2 is 1.62 bits per heavy atom. The molecule has 0 saturated carbocycles. The van der Waals surface area contributed by atoms with Crippen LogP contribution in [0.4, 0.5) is 15.1 Å². The number of fused-ring (bicyclic) bond motifs is 1. The molecule has 2 unspecified atom stereocenters. The number of methoxy groups -OCH3 is 1. The number of benzene rings is 4. The van der Waals surface area contributed by atoms with Gasteiger partial charge in [-0.05, 0) is 85.7 Å². The van der Waals surface area contributed by atoms with Crippen molar-refractivity contribution in [2.75, 3.05) is 17.7 Å². The fraction of sp³-hybridized carbons (Fsp3) is 0.171. The van der Waals surface area contributed by atoms with Crippen LogP contribution in [0.1, 0.15) is 61.5 Å². The first kappa shape index (κ1) is 36.3. The Labute approximate surface area is 309 Å². The summed E-state index contributed by atoms with van der Waals surface area (Å²) in [6, 6.07) is 31.5. The lowest BCUT2D eigenvalue weighted by Gasteiger charge is -2.22. The van der Waals surface area contributed by atoms with Crippen LogP contribution in [0.5, 0.6) is 0 Å². The summed E-state index contributed by atoms with van der Waals surface area (Å²) in [6.45, 7) is 1.76. The van der Waals surface area contributed by atoms with Gasteiger partial charge < -0.3 is 20.7 Å². The van der Waals surface area contributed by atoms with Crippen molar-refractivity contribution in [1.82, 2.24) is 5.32 Å². The number of halogens is 1. The van der Waals surface area contributed by atoms with Gasteiger partial charge in [-0.25, -0.2) is 9.18 Å². The quantitative estimate of drug-likeness (QED) is 0.0714. The van der Waals surface area contributed by atoms with Crippen LogP contribution in [-0.4, -0.2) is 36.1 Å². The van der Waals surface area contributed by atoms with Gasteiger partial charge in [-0.15, -0.1) is 23.1 Å². The number of esters is 1. The molecule has 1 aliphatic carbocycles. The topological polar surface area (TPSA) is 114 Å². The lowest BCUT2D eigenvalue weighted by Crippen LogP contribution is -2.30. The van der Waals surface area contributed by atoms with Crippen LogP contribution in [0, 0.1) is 5.82 Å². The van der Waals surface area contributed by atoms with E-state index in [1.54, 1.807) is 61.5 Å². The van der Waals surface area contributed by atoms with Gasteiger partial charge in [0.2, 0.25) is 5.91 Å². The minimum atomic E-state index is -0.660. The van der Waals surface area contributed by atoms with Crippen LogP contribution >= 0.6 is 23.1 Å². The largest absolute Gasteiger partial charge is 0.465 e. The van der Waals surface area contributed by atoms with Gasteiger partial charge in [0.25, 0.3) is 11.8 Å². The minimum absolute atomic E-state index is 0.128. The Balaban J connectivity index is 1.15. The highest BCUT2D eigenvalue weighted by molar-refractivity contribution is 8.00. The van der Waals surface area contributed by atoms with Crippen molar-refractivity contribution in [2.24, 2.45) is 0 Å². The summed E-state index contributed by atoms with van der Waals surface area (Å²) in [7, 11) is 1.34. The predicted molar refractivity (Wildman–Crippen MR) is 204 cm³/mol. The molecule has 1 aliphatic rings. The minimum Gasteiger partial charge on any atom is -0.465 e. The number of nitrogens with one attached hydrogen (secondary N) is 3. The highest BCUT2D eigenvalue weighted by Crippen LogP contribution is 2.43. The molecule has 3 N–H and O–H groups in total. The molecule has 11 heteroatoms. The molecule has 0 saturated heterocycles. The summed E-state index contributed by atoms with van der Waals surface area (Å²) in [5.74, 6) is -2.17. The standard InChI is InChI=1S/C41H36FN3O5S2/c1-25(37(46)45-40-36(41(49)50-2)32-21-20-28(23-35(32)52-40)26-12-5-3-6-13-26)51-31-18-11-17-30(24-31)43-39(48)34(22-29-16-9-10-19-33(29)42)44-38(47)27-14-7-4-8-15-27/h3-19,22,24-25,28H,20-21,23H2,1-2H3,(H,43,48)(H,44,47)(H,45,46)/b34-22-. The normalized spacial score (nSPS) is 14.4. The molecular weight excluding hydrogens is 698 g/mol. The Bertz CT molecular complexity index is 2130. The van der Waals surface area contributed by atoms with Gasteiger partial charge in [-0.3, -0.25) is 14.4 Å². The van der Waals surface area contributed by atoms with E-state index >= 15 is 0 Å². The van der Waals surface area contributed by atoms with E-state index < -0.39 is 28.9 Å². The number of rotatable bonds is 11. The Hall–Kier alpha value is -5.52. The van der Waals surface area contributed by atoms with Crippen molar-refractivity contribution in [3.05, 3.63) is 153 Å². The molecule has 0 radical (unpaired) electrons. The molecule has 1 heterocycles. The molecule has 0 aliphatic heterocycles. The van der Waals surface area contributed by atoms with Gasteiger partial charge in [-0.2, -0.15) is 0 Å². The van der Waals surface area contributed by atoms with Crippen LogP contribution in [-0.2, 0) is 27.2 Å². The number of thiophene rings is 1. The van der Waals surface area contributed by atoms with Crippen LogP contribution in [0.15, 0.2) is 120 Å². The van der Waals surface area contributed by atoms with Crippen molar-refractivity contribution in [1.29, 1.82) is 0 Å². The molecule has 8 nitrogen and oxygen atoms in total. The maximum absolute atomic E-state index is 14.6. The molecule has 52 heavy (non-hydrogen) atoms. The number of hydrogen-bond donors (Lipinski definition) is 3. The molecule has 2 atom stereocenters. The second-order valence-electron chi connectivity index (χ2n) is 12.2. The van der Waals surface area contributed by atoms with Crippen molar-refractivity contribution >= 4 is 63.6 Å². The van der Waals surface area contributed by atoms with Gasteiger partial charge in [0.15, 0.2) is 0 Å². The lowest BCUT2D eigenvalue weighted by molar-refractivity contribution is -0.115. The number of amides is 3. The molecule has 6 rings (SSSR count). The summed E-state index contributed by atoms with van der Waals surface area (Å²) in [4.78, 5) is 54.7. The van der Waals surface area contributed by atoms with Crippen molar-refractivity contribution in [3.63, 3.8) is 0 Å². The second-order valence-corrected chi connectivity index (χ2v) is 14.7. The Morgan fingerprint density at radius 1 is 0.904 bits per heavy atom. The fourth-order valence-electron chi connectivity index (χ4n) is 6.01. The van der Waals surface area contributed by atoms with E-state index in [1.165, 1.54) is 60.0 Å². The zero-order valence-electron chi connectivity index (χ0n) is 28.5. The monoisotopic (exact) mass is 733 g/mol. The van der Waals surface area contributed by atoms with Gasteiger partial charge in [0.1, 0.15) is 16.5 Å². The summed E-state index contributed by atoms with van der Waals surface area (Å²) >= 11 is 2.70. The highest BCUT2D eigenvalue weighted by atomic mass is 32.2. The third kappa shape index (κ3) is 8.67. The SMILES string of the molecule is COC(=O)c1c(NC(=O)C(C)Sc2cccc(NC(=O)/C(=C/c3ccccc3F)NC(=O)c3ccccc3)c2)sc2c1CCC(c1ccccc1)C2. The average Bonchev–Trinajstić information content (AvgIpc) is 3.52. The van der Waals surface area contributed by atoms with E-state index in [9.17, 15) is 23.6 Å². The van der Waals surface area contributed by atoms with E-state index in [0.29, 0.717) is 39.0 Å². The number of carbonyl (C=O) groups is 4. The van der Waals surface area contributed by atoms with E-state index in [1.807, 2.05) is 24.3 Å². The van der Waals surface area contributed by atoms with E-state index in [4.69, 9.17) is 4.74 Å².